The summed E-state index contributed by atoms with van der Waals surface area (Å²) in [6.07, 6.45) is 7.89. The zero-order chi connectivity index (χ0) is 22.3. The van der Waals surface area contributed by atoms with Crippen LogP contribution in [0.1, 0.15) is 66.9 Å². The largest absolute Gasteiger partial charge is 0.462 e. The number of aryl methyl sites for hydroxylation is 1. The zero-order valence-corrected chi connectivity index (χ0v) is 19.4. The summed E-state index contributed by atoms with van der Waals surface area (Å²) in [5, 5.41) is 0. The summed E-state index contributed by atoms with van der Waals surface area (Å²) in [6.45, 7) is 5.74. The topological polar surface area (TPSA) is 43.4 Å². The van der Waals surface area contributed by atoms with Gasteiger partial charge in [0.15, 0.2) is 5.78 Å². The molecule has 2 aromatic rings. The first-order valence-corrected chi connectivity index (χ1v) is 12.3. The van der Waals surface area contributed by atoms with Gasteiger partial charge in [-0.25, -0.2) is 4.79 Å². The summed E-state index contributed by atoms with van der Waals surface area (Å²) < 4.78 is 5.09. The van der Waals surface area contributed by atoms with E-state index in [0.717, 1.165) is 30.4 Å². The standard InChI is InChI=1S/C27H34O3S/c1-22(2)27(29)30-19-9-3-4-10-20-31-21-11-8-12-23-15-17-25(18-16-23)26(28)24-13-6-5-7-14-24/h5-7,13-18H,1,3-4,8-12,19-21H2,2H3. The van der Waals surface area contributed by atoms with Crippen molar-refractivity contribution in [2.75, 3.05) is 18.1 Å². The number of unbranched alkanes of at least 4 members (excludes halogenated alkanes) is 4. The molecule has 0 saturated heterocycles. The Morgan fingerprint density at radius 2 is 1.42 bits per heavy atom. The second kappa shape index (κ2) is 14.6. The summed E-state index contributed by atoms with van der Waals surface area (Å²) in [4.78, 5) is 23.7. The highest BCUT2D eigenvalue weighted by Gasteiger charge is 2.08. The number of benzene rings is 2. The third-order valence-electron chi connectivity index (χ3n) is 5.02. The SMILES string of the molecule is C=C(C)C(=O)OCCCCCCSCCCCc1ccc(C(=O)c2ccccc2)cc1. The molecule has 2 rings (SSSR count). The van der Waals surface area contributed by atoms with E-state index in [4.69, 9.17) is 4.74 Å². The van der Waals surface area contributed by atoms with Crippen LogP contribution in [0.15, 0.2) is 66.7 Å². The lowest BCUT2D eigenvalue weighted by Gasteiger charge is -2.05. The Labute approximate surface area is 191 Å². The summed E-state index contributed by atoms with van der Waals surface area (Å²) in [5.41, 5.74) is 3.24. The van der Waals surface area contributed by atoms with Gasteiger partial charge in [-0.05, 0) is 56.1 Å². The third kappa shape index (κ3) is 10.0. The molecule has 0 unspecified atom stereocenters. The average Bonchev–Trinajstić information content (AvgIpc) is 2.80. The van der Waals surface area contributed by atoms with Gasteiger partial charge in [0.2, 0.25) is 0 Å². The summed E-state index contributed by atoms with van der Waals surface area (Å²) in [6, 6.07) is 17.5. The fraction of sp³-hybridized carbons (Fsp3) is 0.407. The molecular weight excluding hydrogens is 404 g/mol. The molecule has 0 saturated carbocycles. The molecule has 0 radical (unpaired) electrons. The van der Waals surface area contributed by atoms with Gasteiger partial charge in [-0.15, -0.1) is 0 Å². The number of ether oxygens (including phenoxy) is 1. The van der Waals surface area contributed by atoms with Gasteiger partial charge in [0.25, 0.3) is 0 Å². The normalized spacial score (nSPS) is 10.6. The van der Waals surface area contributed by atoms with Crippen LogP contribution >= 0.6 is 11.8 Å². The van der Waals surface area contributed by atoms with Crippen LogP contribution in [-0.4, -0.2) is 29.9 Å². The molecule has 0 bridgehead atoms. The number of hydrogen-bond acceptors (Lipinski definition) is 4. The molecule has 3 nitrogen and oxygen atoms in total. The quantitative estimate of drug-likeness (QED) is 0.135. The number of rotatable bonds is 15. The fourth-order valence-corrected chi connectivity index (χ4v) is 4.18. The Hall–Kier alpha value is -2.33. The minimum Gasteiger partial charge on any atom is -0.462 e. The van der Waals surface area contributed by atoms with Crippen LogP contribution in [0.25, 0.3) is 0 Å². The molecular formula is C27H34O3S. The maximum Gasteiger partial charge on any atom is 0.333 e. The highest BCUT2D eigenvalue weighted by Crippen LogP contribution is 2.14. The van der Waals surface area contributed by atoms with Crippen LogP contribution in [-0.2, 0) is 16.0 Å². The van der Waals surface area contributed by atoms with Gasteiger partial charge in [0, 0.05) is 16.7 Å². The molecule has 0 aromatic heterocycles. The first kappa shape index (κ1) is 24.9. The number of esters is 1. The van der Waals surface area contributed by atoms with E-state index in [1.54, 1.807) is 6.92 Å². The van der Waals surface area contributed by atoms with Gasteiger partial charge in [-0.3, -0.25) is 4.79 Å². The zero-order valence-electron chi connectivity index (χ0n) is 18.6. The first-order chi connectivity index (χ1) is 15.1. The molecule has 0 aliphatic heterocycles. The van der Waals surface area contributed by atoms with E-state index in [2.05, 4.69) is 18.7 Å². The van der Waals surface area contributed by atoms with Crippen LogP contribution in [0.5, 0.6) is 0 Å². The molecule has 2 aromatic carbocycles. The maximum atomic E-state index is 12.4. The Kier molecular flexibility index (Phi) is 11.8. The van der Waals surface area contributed by atoms with Crippen molar-refractivity contribution in [1.29, 1.82) is 0 Å². The molecule has 0 fully saturated rings. The van der Waals surface area contributed by atoms with Crippen molar-refractivity contribution in [3.63, 3.8) is 0 Å². The Morgan fingerprint density at radius 3 is 2.10 bits per heavy atom. The maximum absolute atomic E-state index is 12.4. The third-order valence-corrected chi connectivity index (χ3v) is 6.18. The van der Waals surface area contributed by atoms with Gasteiger partial charge >= 0.3 is 5.97 Å². The van der Waals surface area contributed by atoms with E-state index in [-0.39, 0.29) is 11.8 Å². The van der Waals surface area contributed by atoms with E-state index < -0.39 is 0 Å². The molecule has 0 aliphatic carbocycles. The highest BCUT2D eigenvalue weighted by molar-refractivity contribution is 7.99. The van der Waals surface area contributed by atoms with Crippen molar-refractivity contribution < 1.29 is 14.3 Å². The van der Waals surface area contributed by atoms with Gasteiger partial charge < -0.3 is 4.74 Å². The van der Waals surface area contributed by atoms with Crippen LogP contribution in [0.4, 0.5) is 0 Å². The van der Waals surface area contributed by atoms with Gasteiger partial charge in [-0.1, -0.05) is 74.0 Å². The van der Waals surface area contributed by atoms with E-state index in [1.807, 2.05) is 54.2 Å². The second-order valence-electron chi connectivity index (χ2n) is 7.79. The lowest BCUT2D eigenvalue weighted by molar-refractivity contribution is -0.139. The number of hydrogen-bond donors (Lipinski definition) is 0. The smallest absolute Gasteiger partial charge is 0.333 e. The lowest BCUT2D eigenvalue weighted by Crippen LogP contribution is -2.06. The molecule has 0 atom stereocenters. The van der Waals surface area contributed by atoms with Crippen molar-refractivity contribution in [1.82, 2.24) is 0 Å². The minimum absolute atomic E-state index is 0.0800. The molecule has 0 spiro atoms. The van der Waals surface area contributed by atoms with Crippen molar-refractivity contribution in [2.45, 2.75) is 51.9 Å². The first-order valence-electron chi connectivity index (χ1n) is 11.2. The van der Waals surface area contributed by atoms with Crippen molar-refractivity contribution in [2.24, 2.45) is 0 Å². The molecule has 0 aliphatic rings. The minimum atomic E-state index is -0.285. The Morgan fingerprint density at radius 1 is 0.806 bits per heavy atom. The van der Waals surface area contributed by atoms with Crippen LogP contribution in [0.2, 0.25) is 0 Å². The van der Waals surface area contributed by atoms with Crippen LogP contribution in [0.3, 0.4) is 0 Å². The van der Waals surface area contributed by atoms with E-state index >= 15 is 0 Å². The summed E-state index contributed by atoms with van der Waals surface area (Å²) in [7, 11) is 0. The van der Waals surface area contributed by atoms with Gasteiger partial charge in [0.05, 0.1) is 6.61 Å². The number of carbonyl (C=O) groups is 2. The number of ketones is 1. The Bertz CT molecular complexity index is 812. The predicted octanol–water partition coefficient (Wildman–Crippen LogP) is 6.65. The second-order valence-corrected chi connectivity index (χ2v) is 9.02. The lowest BCUT2D eigenvalue weighted by atomic mass is 10.0. The Balaban J connectivity index is 1.47. The monoisotopic (exact) mass is 438 g/mol. The van der Waals surface area contributed by atoms with Gasteiger partial charge in [-0.2, -0.15) is 11.8 Å². The number of thioether (sulfide) groups is 1. The molecule has 0 amide bonds. The van der Waals surface area contributed by atoms with Crippen molar-refractivity contribution in [3.05, 3.63) is 83.4 Å². The van der Waals surface area contributed by atoms with E-state index in [0.29, 0.717) is 12.2 Å². The average molecular weight is 439 g/mol. The van der Waals surface area contributed by atoms with Gasteiger partial charge in [0.1, 0.15) is 0 Å². The molecule has 31 heavy (non-hydrogen) atoms. The molecule has 0 heterocycles. The van der Waals surface area contributed by atoms with Crippen molar-refractivity contribution >= 4 is 23.5 Å². The number of carbonyl (C=O) groups excluding carboxylic acids is 2. The molecule has 4 heteroatoms. The highest BCUT2D eigenvalue weighted by atomic mass is 32.2. The summed E-state index contributed by atoms with van der Waals surface area (Å²) in [5.74, 6) is 2.19. The summed E-state index contributed by atoms with van der Waals surface area (Å²) >= 11 is 2.02. The van der Waals surface area contributed by atoms with Crippen LogP contribution < -0.4 is 0 Å². The predicted molar refractivity (Wildman–Crippen MR) is 131 cm³/mol. The van der Waals surface area contributed by atoms with E-state index in [1.165, 1.54) is 42.8 Å². The molecule has 0 N–H and O–H groups in total. The van der Waals surface area contributed by atoms with E-state index in [9.17, 15) is 9.59 Å². The molecule has 166 valence electrons. The van der Waals surface area contributed by atoms with Crippen molar-refractivity contribution in [3.8, 4) is 0 Å². The van der Waals surface area contributed by atoms with Crippen LogP contribution in [0, 0.1) is 0 Å². The fourth-order valence-electron chi connectivity index (χ4n) is 3.16.